The largest absolute Gasteiger partial charge is 0.344 e. The van der Waals surface area contributed by atoms with Crippen LogP contribution in [-0.4, -0.2) is 51.6 Å². The van der Waals surface area contributed by atoms with E-state index in [4.69, 9.17) is 0 Å². The number of hydrogen-bond acceptors (Lipinski definition) is 7. The maximum Gasteiger partial charge on any atom is 0.276 e. The molecule has 1 aromatic carbocycles. The smallest absolute Gasteiger partial charge is 0.276 e. The molecule has 4 saturated carbocycles. The van der Waals surface area contributed by atoms with Gasteiger partial charge in [0.1, 0.15) is 0 Å². The van der Waals surface area contributed by atoms with E-state index in [1.807, 2.05) is 58.0 Å². The molecule has 4 aliphatic rings. The average Bonchev–Trinajstić information content (AvgIpc) is 3.27. The Morgan fingerprint density at radius 3 is 1.63 bits per heavy atom. The fraction of sp³-hybridized carbons (Fsp3) is 0.586. The summed E-state index contributed by atoms with van der Waals surface area (Å²) in [6, 6.07) is 7.40. The lowest BCUT2D eigenvalue weighted by Gasteiger charge is -2.38. The first kappa shape index (κ1) is 27.4. The number of carbonyl (C=O) groups excluding carboxylic acids is 2. The van der Waals surface area contributed by atoms with Crippen LogP contribution in [0.1, 0.15) is 70.9 Å². The second-order valence-corrected chi connectivity index (χ2v) is 14.4. The summed E-state index contributed by atoms with van der Waals surface area (Å²) in [7, 11) is -4.32. The number of ketones is 2. The summed E-state index contributed by atoms with van der Waals surface area (Å²) in [5, 5.41) is 29.1. The van der Waals surface area contributed by atoms with E-state index in [0.717, 1.165) is 17.5 Å². The molecule has 9 heteroatoms. The molecule has 8 nitrogen and oxygen atoms in total. The van der Waals surface area contributed by atoms with Crippen molar-refractivity contribution in [3.8, 4) is 0 Å². The topological polar surface area (TPSA) is 149 Å². The summed E-state index contributed by atoms with van der Waals surface area (Å²) in [5.41, 5.74) is -0.511. The summed E-state index contributed by atoms with van der Waals surface area (Å²) >= 11 is 0. The van der Waals surface area contributed by atoms with E-state index in [0.29, 0.717) is 30.4 Å². The summed E-state index contributed by atoms with van der Waals surface area (Å²) in [4.78, 5) is 26.9. The molecule has 4 atom stereocenters. The number of carbonyl (C=O) groups is 2. The summed E-state index contributed by atoms with van der Waals surface area (Å²) < 4.78 is 33.1. The first-order valence-electron chi connectivity index (χ1n) is 13.1. The van der Waals surface area contributed by atoms with Crippen LogP contribution in [0.2, 0.25) is 0 Å². The van der Waals surface area contributed by atoms with Crippen LogP contribution in [0, 0.1) is 33.5 Å². The number of rotatable bonds is 6. The molecule has 0 aromatic heterocycles. The molecule has 4 unspecified atom stereocenters. The minimum absolute atomic E-state index is 0.0629. The fourth-order valence-electron chi connectivity index (χ4n) is 8.40. The van der Waals surface area contributed by atoms with Crippen molar-refractivity contribution in [1.82, 2.24) is 0 Å². The van der Waals surface area contributed by atoms with Crippen LogP contribution in [-0.2, 0) is 19.7 Å². The van der Waals surface area contributed by atoms with E-state index < -0.39 is 49.9 Å². The van der Waals surface area contributed by atoms with Gasteiger partial charge in [0.15, 0.2) is 11.6 Å². The quantitative estimate of drug-likeness (QED) is 0.242. The highest BCUT2D eigenvalue weighted by Gasteiger charge is 2.69. The average molecular weight is 545 g/mol. The van der Waals surface area contributed by atoms with E-state index in [9.17, 15) is 37.9 Å². The first-order valence-corrected chi connectivity index (χ1v) is 14.7. The highest BCUT2D eigenvalue weighted by atomic mass is 32.2. The number of aliphatic hydroxyl groups is 3. The second-order valence-electron chi connectivity index (χ2n) is 13.0. The second kappa shape index (κ2) is 8.17. The molecule has 4 bridgehead atoms. The Morgan fingerprint density at radius 2 is 1.21 bits per heavy atom. The predicted octanol–water partition coefficient (Wildman–Crippen LogP) is 3.37. The van der Waals surface area contributed by atoms with E-state index in [1.165, 1.54) is 0 Å². The van der Waals surface area contributed by atoms with Crippen molar-refractivity contribution < 1.29 is 37.9 Å². The van der Waals surface area contributed by atoms with Crippen LogP contribution in [0.5, 0.6) is 0 Å². The van der Waals surface area contributed by atoms with E-state index >= 15 is 0 Å². The van der Waals surface area contributed by atoms with Crippen molar-refractivity contribution in [1.29, 1.82) is 0 Å². The van der Waals surface area contributed by atoms with E-state index in [-0.39, 0.29) is 23.4 Å². The van der Waals surface area contributed by atoms with Crippen molar-refractivity contribution in [3.63, 3.8) is 0 Å². The van der Waals surface area contributed by atoms with Crippen LogP contribution in [0.15, 0.2) is 35.4 Å². The molecular formula is C29H36O8S. The van der Waals surface area contributed by atoms with Crippen molar-refractivity contribution in [3.05, 3.63) is 46.5 Å². The van der Waals surface area contributed by atoms with Gasteiger partial charge in [0, 0.05) is 17.4 Å². The lowest BCUT2D eigenvalue weighted by Crippen LogP contribution is -2.44. The molecule has 206 valence electrons. The zero-order chi connectivity index (χ0) is 28.1. The van der Waals surface area contributed by atoms with Crippen molar-refractivity contribution in [2.75, 3.05) is 5.75 Å². The van der Waals surface area contributed by atoms with Gasteiger partial charge in [0.25, 0.3) is 16.1 Å². The van der Waals surface area contributed by atoms with Gasteiger partial charge in [-0.3, -0.25) is 14.1 Å². The van der Waals surface area contributed by atoms with E-state index in [2.05, 4.69) is 0 Å². The Hall–Kier alpha value is -2.17. The highest BCUT2D eigenvalue weighted by Crippen LogP contribution is 2.68. The molecule has 0 heterocycles. The fourth-order valence-corrected chi connectivity index (χ4v) is 9.67. The zero-order valence-electron chi connectivity index (χ0n) is 22.2. The van der Waals surface area contributed by atoms with Crippen molar-refractivity contribution in [2.24, 2.45) is 33.5 Å². The molecule has 1 aromatic rings. The molecule has 0 radical (unpaired) electrons. The van der Waals surface area contributed by atoms with E-state index in [1.54, 1.807) is 6.08 Å². The molecule has 38 heavy (non-hydrogen) atoms. The van der Waals surface area contributed by atoms with Gasteiger partial charge in [0.2, 0.25) is 0 Å². The standard InChI is InChI=1S/C29H36O8S/c1-25(2)21-9-11-27(25,15-29(32,33)34)23(30)19(21)13-17-5-7-18(8-6-17)14-20-22-10-12-28(24(20)31,26(22,3)4)16-38(35,36)37/h5-8,13-14,21-22,32-34H,9-12,15-16H2,1-4H3,(H,35,36,37). The minimum Gasteiger partial charge on any atom is -0.344 e. The molecule has 4 fully saturated rings. The Kier molecular flexibility index (Phi) is 5.89. The van der Waals surface area contributed by atoms with Crippen LogP contribution < -0.4 is 0 Å². The highest BCUT2D eigenvalue weighted by molar-refractivity contribution is 7.85. The van der Waals surface area contributed by atoms with Crippen molar-refractivity contribution in [2.45, 2.75) is 65.8 Å². The van der Waals surface area contributed by atoms with Gasteiger partial charge in [-0.2, -0.15) is 8.42 Å². The van der Waals surface area contributed by atoms with Gasteiger partial charge in [-0.15, -0.1) is 0 Å². The van der Waals surface area contributed by atoms with Gasteiger partial charge in [-0.05, 0) is 77.2 Å². The normalized spacial score (nSPS) is 35.7. The van der Waals surface area contributed by atoms with Crippen molar-refractivity contribution >= 4 is 33.8 Å². The Bertz CT molecular complexity index is 1380. The number of fused-ring (bicyclic) bond motifs is 4. The third-order valence-corrected chi connectivity index (χ3v) is 11.5. The number of benzene rings is 1. The SMILES string of the molecule is CC1(C)C2CCC1(CC(O)(O)O)C(=O)C2=Cc1ccc(C=C2C(=O)C3(CS(=O)(=O)O)CCC2C3(C)C)cc1. The summed E-state index contributed by atoms with van der Waals surface area (Å²) in [6.45, 7) is 7.68. The Morgan fingerprint density at radius 1 is 0.816 bits per heavy atom. The summed E-state index contributed by atoms with van der Waals surface area (Å²) in [5.74, 6) is -4.02. The number of Topliss-reactive ketones (excluding diaryl/α,β-unsaturated/α-hetero) is 2. The Balaban J connectivity index is 1.43. The van der Waals surface area contributed by atoms with Crippen LogP contribution in [0.25, 0.3) is 12.2 Å². The monoisotopic (exact) mass is 544 g/mol. The third-order valence-electron chi connectivity index (χ3n) is 10.6. The molecule has 0 saturated heterocycles. The first-order chi connectivity index (χ1) is 17.3. The van der Waals surface area contributed by atoms with Crippen LogP contribution in [0.4, 0.5) is 0 Å². The number of allylic oxidation sites excluding steroid dienone is 2. The predicted molar refractivity (Wildman–Crippen MR) is 141 cm³/mol. The third kappa shape index (κ3) is 3.81. The van der Waals surface area contributed by atoms with Crippen LogP contribution in [0.3, 0.4) is 0 Å². The lowest BCUT2D eigenvalue weighted by molar-refractivity contribution is -0.327. The zero-order valence-corrected chi connectivity index (χ0v) is 23.0. The summed E-state index contributed by atoms with van der Waals surface area (Å²) in [6.07, 6.45) is 5.52. The van der Waals surface area contributed by atoms with Gasteiger partial charge in [0.05, 0.1) is 11.2 Å². The lowest BCUT2D eigenvalue weighted by atomic mass is 9.66. The van der Waals surface area contributed by atoms with Gasteiger partial charge < -0.3 is 15.3 Å². The molecule has 0 aliphatic heterocycles. The Labute approximate surface area is 223 Å². The number of hydrogen-bond donors (Lipinski definition) is 4. The van der Waals surface area contributed by atoms with Gasteiger partial charge >= 0.3 is 0 Å². The molecule has 4 aliphatic carbocycles. The maximum atomic E-state index is 13.5. The molecule has 4 N–H and O–H groups in total. The minimum atomic E-state index is -4.32. The van der Waals surface area contributed by atoms with Crippen LogP contribution >= 0.6 is 0 Å². The van der Waals surface area contributed by atoms with Gasteiger partial charge in [-0.1, -0.05) is 52.0 Å². The molecule has 0 amide bonds. The molecule has 5 rings (SSSR count). The maximum absolute atomic E-state index is 13.5. The molecule has 0 spiro atoms. The van der Waals surface area contributed by atoms with Gasteiger partial charge in [-0.25, -0.2) is 0 Å². The molecular weight excluding hydrogens is 508 g/mol.